The van der Waals surface area contributed by atoms with Crippen LogP contribution in [0.25, 0.3) is 0 Å². The highest BCUT2D eigenvalue weighted by Crippen LogP contribution is 2.38. The fourth-order valence-electron chi connectivity index (χ4n) is 8.02. The Morgan fingerprint density at radius 3 is 2.34 bits per heavy atom. The second-order valence-corrected chi connectivity index (χ2v) is 15.0. The van der Waals surface area contributed by atoms with Crippen LogP contribution in [-0.2, 0) is 16.4 Å². The van der Waals surface area contributed by atoms with Gasteiger partial charge in [-0.2, -0.15) is 0 Å². The van der Waals surface area contributed by atoms with Crippen LogP contribution in [0.15, 0.2) is 36.7 Å². The van der Waals surface area contributed by atoms with Gasteiger partial charge in [-0.15, -0.1) is 0 Å². The van der Waals surface area contributed by atoms with Gasteiger partial charge in [-0.1, -0.05) is 43.2 Å². The number of piperidine rings is 1. The first-order valence-corrected chi connectivity index (χ1v) is 17.4. The minimum absolute atomic E-state index is 0.0356. The molecule has 8 nitrogen and oxygen atoms in total. The van der Waals surface area contributed by atoms with Crippen LogP contribution in [0.4, 0.5) is 0 Å². The number of carbonyl (C=O) groups excluding carboxylic acids is 1. The van der Waals surface area contributed by atoms with Crippen molar-refractivity contribution in [3.8, 4) is 0 Å². The van der Waals surface area contributed by atoms with Crippen LogP contribution in [0.5, 0.6) is 0 Å². The van der Waals surface area contributed by atoms with E-state index in [-0.39, 0.29) is 5.91 Å². The molecule has 1 aliphatic carbocycles. The van der Waals surface area contributed by atoms with Crippen molar-refractivity contribution in [3.05, 3.63) is 59.2 Å². The Morgan fingerprint density at radius 1 is 0.951 bits per heavy atom. The number of rotatable bonds is 7. The Morgan fingerprint density at radius 2 is 1.66 bits per heavy atom. The predicted molar refractivity (Wildman–Crippen MR) is 160 cm³/mol. The van der Waals surface area contributed by atoms with E-state index in [0.717, 1.165) is 63.1 Å². The van der Waals surface area contributed by atoms with Crippen molar-refractivity contribution < 1.29 is 13.2 Å². The summed E-state index contributed by atoms with van der Waals surface area (Å²) in [6.45, 7) is 6.75. The van der Waals surface area contributed by atoms with E-state index in [1.807, 2.05) is 11.8 Å². The standard InChI is InChI=1S/C32H45N5O3S/c1-23-30(12-11-24-7-6-10-26(17-24)25-8-4-3-5-9-25)33-22-34-31(23)32(38)35-15-13-29(14-16-35)36-18-27-20-37(41(2,39)40)21-28(27)19-36/h3-5,8-9,22,24,26-29H,6-7,10-21H2,1-2H3/t24-,26-,27?,28?/m1/s1. The van der Waals surface area contributed by atoms with Crippen LogP contribution in [0.1, 0.15) is 78.2 Å². The van der Waals surface area contributed by atoms with Gasteiger partial charge in [0.15, 0.2) is 0 Å². The first-order valence-electron chi connectivity index (χ1n) is 15.6. The molecule has 0 bridgehead atoms. The molecule has 4 fully saturated rings. The van der Waals surface area contributed by atoms with Crippen LogP contribution < -0.4 is 0 Å². The lowest BCUT2D eigenvalue weighted by Crippen LogP contribution is -2.47. The molecule has 41 heavy (non-hydrogen) atoms. The molecule has 0 spiro atoms. The quantitative estimate of drug-likeness (QED) is 0.491. The Bertz CT molecular complexity index is 1310. The molecule has 0 N–H and O–H groups in total. The average molecular weight is 580 g/mol. The summed E-state index contributed by atoms with van der Waals surface area (Å²) >= 11 is 0. The highest BCUT2D eigenvalue weighted by Gasteiger charge is 2.44. The summed E-state index contributed by atoms with van der Waals surface area (Å²) in [4.78, 5) is 27.2. The number of carbonyl (C=O) groups is 1. The molecule has 1 saturated carbocycles. The molecule has 1 amide bonds. The number of sulfonamides is 1. The van der Waals surface area contributed by atoms with Gasteiger partial charge in [0.05, 0.1) is 6.26 Å². The summed E-state index contributed by atoms with van der Waals surface area (Å²) in [5, 5.41) is 0. The second-order valence-electron chi connectivity index (χ2n) is 13.1. The number of aryl methyl sites for hydroxylation is 1. The molecule has 1 aromatic carbocycles. The van der Waals surface area contributed by atoms with Crippen LogP contribution in [0, 0.1) is 24.7 Å². The molecular weight excluding hydrogens is 534 g/mol. The number of aromatic nitrogens is 2. The third-order valence-corrected chi connectivity index (χ3v) is 11.7. The molecule has 4 atom stereocenters. The topological polar surface area (TPSA) is 86.7 Å². The van der Waals surface area contributed by atoms with Gasteiger partial charge in [0.1, 0.15) is 12.0 Å². The highest BCUT2D eigenvalue weighted by molar-refractivity contribution is 7.88. The van der Waals surface area contributed by atoms with E-state index in [0.29, 0.717) is 48.5 Å². The number of likely N-dealkylation sites (tertiary alicyclic amines) is 2. The molecule has 3 saturated heterocycles. The zero-order valence-electron chi connectivity index (χ0n) is 24.6. The van der Waals surface area contributed by atoms with E-state index < -0.39 is 10.0 Å². The van der Waals surface area contributed by atoms with Gasteiger partial charge in [-0.05, 0) is 74.7 Å². The predicted octanol–water partition coefficient (Wildman–Crippen LogP) is 4.12. The van der Waals surface area contributed by atoms with Gasteiger partial charge in [-0.3, -0.25) is 9.69 Å². The fraction of sp³-hybridized carbons (Fsp3) is 0.656. The third kappa shape index (κ3) is 6.37. The number of benzene rings is 1. The van der Waals surface area contributed by atoms with E-state index in [9.17, 15) is 13.2 Å². The van der Waals surface area contributed by atoms with E-state index in [1.54, 1.807) is 10.6 Å². The minimum Gasteiger partial charge on any atom is -0.337 e. The van der Waals surface area contributed by atoms with Crippen LogP contribution >= 0.6 is 0 Å². The van der Waals surface area contributed by atoms with Crippen LogP contribution in [0.2, 0.25) is 0 Å². The van der Waals surface area contributed by atoms with Crippen molar-refractivity contribution in [1.82, 2.24) is 24.1 Å². The number of amides is 1. The lowest BCUT2D eigenvalue weighted by Gasteiger charge is -2.37. The van der Waals surface area contributed by atoms with Crippen molar-refractivity contribution in [3.63, 3.8) is 0 Å². The first-order chi connectivity index (χ1) is 19.8. The normalized spacial score (nSPS) is 28.2. The van der Waals surface area contributed by atoms with E-state index in [2.05, 4.69) is 45.2 Å². The maximum atomic E-state index is 13.6. The van der Waals surface area contributed by atoms with Crippen molar-refractivity contribution in [2.75, 3.05) is 45.5 Å². The molecule has 222 valence electrons. The summed E-state index contributed by atoms with van der Waals surface area (Å²) in [7, 11) is -3.10. The maximum absolute atomic E-state index is 13.6. The monoisotopic (exact) mass is 579 g/mol. The molecule has 3 aliphatic heterocycles. The summed E-state index contributed by atoms with van der Waals surface area (Å²) in [5.41, 5.74) is 4.00. The number of hydrogen-bond donors (Lipinski definition) is 0. The summed E-state index contributed by atoms with van der Waals surface area (Å²) in [6.07, 6.45) is 11.9. The molecule has 6 rings (SSSR count). The Labute approximate surface area is 245 Å². The second kappa shape index (κ2) is 12.1. The van der Waals surface area contributed by atoms with Gasteiger partial charge in [0.25, 0.3) is 5.91 Å². The van der Waals surface area contributed by atoms with Crippen molar-refractivity contribution in [2.45, 2.75) is 70.3 Å². The van der Waals surface area contributed by atoms with Crippen LogP contribution in [0.3, 0.4) is 0 Å². The zero-order chi connectivity index (χ0) is 28.6. The lowest BCUT2D eigenvalue weighted by atomic mass is 9.76. The lowest BCUT2D eigenvalue weighted by molar-refractivity contribution is 0.0629. The van der Waals surface area contributed by atoms with E-state index >= 15 is 0 Å². The summed E-state index contributed by atoms with van der Waals surface area (Å²) in [6, 6.07) is 11.4. The van der Waals surface area contributed by atoms with E-state index in [4.69, 9.17) is 0 Å². The first kappa shape index (κ1) is 28.7. The smallest absolute Gasteiger partial charge is 0.272 e. The molecule has 4 heterocycles. The molecule has 2 aromatic rings. The van der Waals surface area contributed by atoms with E-state index in [1.165, 1.54) is 37.5 Å². The number of fused-ring (bicyclic) bond motifs is 1. The largest absolute Gasteiger partial charge is 0.337 e. The van der Waals surface area contributed by atoms with Crippen LogP contribution in [-0.4, -0.2) is 90.0 Å². The van der Waals surface area contributed by atoms with Crippen molar-refractivity contribution in [2.24, 2.45) is 17.8 Å². The average Bonchev–Trinajstić information content (AvgIpc) is 3.58. The number of nitrogens with zero attached hydrogens (tertiary/aromatic N) is 5. The fourth-order valence-corrected chi connectivity index (χ4v) is 8.94. The number of hydrogen-bond acceptors (Lipinski definition) is 6. The molecule has 4 aliphatic rings. The van der Waals surface area contributed by atoms with Crippen molar-refractivity contribution >= 4 is 15.9 Å². The highest BCUT2D eigenvalue weighted by atomic mass is 32.2. The SMILES string of the molecule is Cc1c(CC[C@H]2CCC[C@@H](c3ccccc3)C2)ncnc1C(=O)N1CCC(N2CC3CN(S(C)(=O)=O)CC3C2)CC1. The Balaban J connectivity index is 1.00. The molecule has 9 heteroatoms. The maximum Gasteiger partial charge on any atom is 0.272 e. The Hall–Kier alpha value is -2.36. The van der Waals surface area contributed by atoms with Gasteiger partial charge >= 0.3 is 0 Å². The third-order valence-electron chi connectivity index (χ3n) is 10.5. The minimum atomic E-state index is -3.10. The summed E-state index contributed by atoms with van der Waals surface area (Å²) in [5.74, 6) is 2.26. The molecular formula is C32H45N5O3S. The van der Waals surface area contributed by atoms with Gasteiger partial charge in [-0.25, -0.2) is 22.7 Å². The van der Waals surface area contributed by atoms with Gasteiger partial charge in [0.2, 0.25) is 10.0 Å². The van der Waals surface area contributed by atoms with Crippen molar-refractivity contribution in [1.29, 1.82) is 0 Å². The van der Waals surface area contributed by atoms with Gasteiger partial charge in [0, 0.05) is 56.6 Å². The Kier molecular flexibility index (Phi) is 8.48. The molecule has 1 aromatic heterocycles. The zero-order valence-corrected chi connectivity index (χ0v) is 25.4. The molecule has 2 unspecified atom stereocenters. The van der Waals surface area contributed by atoms with Gasteiger partial charge < -0.3 is 4.90 Å². The summed E-state index contributed by atoms with van der Waals surface area (Å²) < 4.78 is 25.5. The molecule has 0 radical (unpaired) electrons.